The molecule has 94 valence electrons. The number of nitrogens with one attached hydrogen (secondary N) is 1. The topological polar surface area (TPSA) is 58.4 Å². The fourth-order valence-corrected chi connectivity index (χ4v) is 1.50. The van der Waals surface area contributed by atoms with E-state index in [0.29, 0.717) is 25.2 Å². The van der Waals surface area contributed by atoms with Gasteiger partial charge in [-0.25, -0.2) is 4.39 Å². The fourth-order valence-electron chi connectivity index (χ4n) is 1.50. The predicted octanol–water partition coefficient (Wildman–Crippen LogP) is 0.857. The van der Waals surface area contributed by atoms with Crippen molar-refractivity contribution in [2.24, 2.45) is 5.73 Å². The summed E-state index contributed by atoms with van der Waals surface area (Å²) >= 11 is 0. The van der Waals surface area contributed by atoms with Crippen molar-refractivity contribution in [1.29, 1.82) is 0 Å². The first kappa shape index (κ1) is 13.4. The van der Waals surface area contributed by atoms with E-state index in [-0.39, 0.29) is 11.7 Å². The minimum absolute atomic E-state index is 0.0594. The maximum absolute atomic E-state index is 13.7. The smallest absolute Gasteiger partial charge is 0.221 e. The standard InChI is InChI=1S/C12H18FN3O/c1-15-12(17)5-6-16(2)11-4-3-9(8-14)7-10(11)13/h3-4,7H,5-6,8,14H2,1-2H3,(H,15,17). The molecule has 0 unspecified atom stereocenters. The maximum atomic E-state index is 13.7. The van der Waals surface area contributed by atoms with E-state index in [1.807, 2.05) is 0 Å². The second-order valence-electron chi connectivity index (χ2n) is 3.83. The van der Waals surface area contributed by atoms with E-state index in [1.54, 1.807) is 31.1 Å². The van der Waals surface area contributed by atoms with Gasteiger partial charge in [0.2, 0.25) is 5.91 Å². The van der Waals surface area contributed by atoms with Crippen LogP contribution in [0.2, 0.25) is 0 Å². The van der Waals surface area contributed by atoms with Crippen molar-refractivity contribution in [1.82, 2.24) is 5.32 Å². The quantitative estimate of drug-likeness (QED) is 0.801. The number of hydrogen-bond donors (Lipinski definition) is 2. The summed E-state index contributed by atoms with van der Waals surface area (Å²) < 4.78 is 13.7. The van der Waals surface area contributed by atoms with Crippen molar-refractivity contribution in [3.63, 3.8) is 0 Å². The molecular weight excluding hydrogens is 221 g/mol. The number of carbonyl (C=O) groups excluding carboxylic acids is 1. The van der Waals surface area contributed by atoms with Gasteiger partial charge in [0.1, 0.15) is 5.82 Å². The molecule has 4 nitrogen and oxygen atoms in total. The predicted molar refractivity (Wildman–Crippen MR) is 66.2 cm³/mol. The van der Waals surface area contributed by atoms with Crippen LogP contribution >= 0.6 is 0 Å². The molecule has 17 heavy (non-hydrogen) atoms. The molecule has 0 saturated heterocycles. The monoisotopic (exact) mass is 239 g/mol. The van der Waals surface area contributed by atoms with Gasteiger partial charge in [0.05, 0.1) is 5.69 Å². The van der Waals surface area contributed by atoms with E-state index in [2.05, 4.69) is 5.32 Å². The molecule has 0 atom stereocenters. The number of amides is 1. The van der Waals surface area contributed by atoms with Crippen molar-refractivity contribution in [3.05, 3.63) is 29.6 Å². The van der Waals surface area contributed by atoms with E-state index < -0.39 is 0 Å². The highest BCUT2D eigenvalue weighted by Gasteiger charge is 2.09. The lowest BCUT2D eigenvalue weighted by Gasteiger charge is -2.19. The first-order chi connectivity index (χ1) is 8.08. The van der Waals surface area contributed by atoms with Crippen LogP contribution in [0.5, 0.6) is 0 Å². The number of anilines is 1. The van der Waals surface area contributed by atoms with E-state index in [0.717, 1.165) is 5.56 Å². The highest BCUT2D eigenvalue weighted by atomic mass is 19.1. The number of benzene rings is 1. The molecule has 5 heteroatoms. The van der Waals surface area contributed by atoms with Crippen LogP contribution in [-0.2, 0) is 11.3 Å². The van der Waals surface area contributed by atoms with Gasteiger partial charge in [-0.05, 0) is 17.7 Å². The molecule has 0 spiro atoms. The van der Waals surface area contributed by atoms with Gasteiger partial charge in [-0.1, -0.05) is 6.07 Å². The van der Waals surface area contributed by atoms with Crippen LogP contribution < -0.4 is 16.0 Å². The van der Waals surface area contributed by atoms with Gasteiger partial charge in [-0.2, -0.15) is 0 Å². The molecule has 0 saturated carbocycles. The van der Waals surface area contributed by atoms with E-state index in [9.17, 15) is 9.18 Å². The van der Waals surface area contributed by atoms with Crippen molar-refractivity contribution in [3.8, 4) is 0 Å². The fraction of sp³-hybridized carbons (Fsp3) is 0.417. The van der Waals surface area contributed by atoms with Gasteiger partial charge in [0, 0.05) is 33.6 Å². The summed E-state index contributed by atoms with van der Waals surface area (Å²) in [5, 5.41) is 2.53. The molecule has 1 aromatic rings. The largest absolute Gasteiger partial charge is 0.372 e. The Bertz CT molecular complexity index is 395. The lowest BCUT2D eigenvalue weighted by Crippen LogP contribution is -2.26. The number of nitrogens with zero attached hydrogens (tertiary/aromatic N) is 1. The molecular formula is C12H18FN3O. The Labute approximate surface area is 101 Å². The van der Waals surface area contributed by atoms with Crippen molar-refractivity contribution in [2.75, 3.05) is 25.5 Å². The number of carbonyl (C=O) groups is 1. The summed E-state index contributed by atoms with van der Waals surface area (Å²) in [6.07, 6.45) is 0.338. The first-order valence-electron chi connectivity index (χ1n) is 5.48. The van der Waals surface area contributed by atoms with Gasteiger partial charge < -0.3 is 16.0 Å². The molecule has 1 aromatic carbocycles. The normalized spacial score (nSPS) is 10.1. The van der Waals surface area contributed by atoms with Gasteiger partial charge in [-0.3, -0.25) is 4.79 Å². The van der Waals surface area contributed by atoms with Crippen LogP contribution in [0.25, 0.3) is 0 Å². The average molecular weight is 239 g/mol. The Kier molecular flexibility index (Phi) is 4.90. The Balaban J connectivity index is 2.68. The number of nitrogens with two attached hydrogens (primary N) is 1. The Morgan fingerprint density at radius 2 is 2.24 bits per heavy atom. The molecule has 3 N–H and O–H groups in total. The third kappa shape index (κ3) is 3.71. The molecule has 0 fully saturated rings. The van der Waals surface area contributed by atoms with Crippen molar-refractivity contribution >= 4 is 11.6 Å². The molecule has 0 aliphatic rings. The molecule has 0 radical (unpaired) electrons. The van der Waals surface area contributed by atoms with E-state index in [4.69, 9.17) is 5.73 Å². The van der Waals surface area contributed by atoms with Crippen LogP contribution in [0.1, 0.15) is 12.0 Å². The van der Waals surface area contributed by atoms with Gasteiger partial charge in [0.15, 0.2) is 0 Å². The van der Waals surface area contributed by atoms with Crippen LogP contribution in [-0.4, -0.2) is 26.5 Å². The summed E-state index contributed by atoms with van der Waals surface area (Å²) in [4.78, 5) is 12.8. The summed E-state index contributed by atoms with van der Waals surface area (Å²) in [6.45, 7) is 0.789. The van der Waals surface area contributed by atoms with E-state index >= 15 is 0 Å². The highest BCUT2D eigenvalue weighted by Crippen LogP contribution is 2.19. The highest BCUT2D eigenvalue weighted by molar-refractivity contribution is 5.76. The molecule has 0 heterocycles. The van der Waals surface area contributed by atoms with Crippen LogP contribution in [0, 0.1) is 5.82 Å². The lowest BCUT2D eigenvalue weighted by molar-refractivity contribution is -0.120. The lowest BCUT2D eigenvalue weighted by atomic mass is 10.2. The molecule has 1 rings (SSSR count). The second-order valence-corrected chi connectivity index (χ2v) is 3.83. The third-order valence-corrected chi connectivity index (χ3v) is 2.61. The summed E-state index contributed by atoms with van der Waals surface area (Å²) in [7, 11) is 3.34. The zero-order chi connectivity index (χ0) is 12.8. The van der Waals surface area contributed by atoms with Crippen molar-refractivity contribution < 1.29 is 9.18 Å². The number of hydrogen-bond acceptors (Lipinski definition) is 3. The Hall–Kier alpha value is -1.62. The summed E-state index contributed by atoms with van der Waals surface area (Å²) in [5.41, 5.74) is 6.66. The average Bonchev–Trinajstić information content (AvgIpc) is 2.35. The van der Waals surface area contributed by atoms with Crippen LogP contribution in [0.3, 0.4) is 0 Å². The van der Waals surface area contributed by atoms with Crippen LogP contribution in [0.4, 0.5) is 10.1 Å². The third-order valence-electron chi connectivity index (χ3n) is 2.61. The minimum atomic E-state index is -0.313. The van der Waals surface area contributed by atoms with Crippen molar-refractivity contribution in [2.45, 2.75) is 13.0 Å². The second kappa shape index (κ2) is 6.20. The number of rotatable bonds is 5. The summed E-state index contributed by atoms with van der Waals surface area (Å²) in [6, 6.07) is 4.89. The molecule has 1 amide bonds. The zero-order valence-corrected chi connectivity index (χ0v) is 10.2. The Morgan fingerprint density at radius 1 is 1.53 bits per heavy atom. The maximum Gasteiger partial charge on any atom is 0.221 e. The molecule has 0 bridgehead atoms. The molecule has 0 aromatic heterocycles. The first-order valence-corrected chi connectivity index (χ1v) is 5.48. The Morgan fingerprint density at radius 3 is 2.76 bits per heavy atom. The van der Waals surface area contributed by atoms with Gasteiger partial charge in [0.25, 0.3) is 0 Å². The molecule has 0 aliphatic heterocycles. The number of halogens is 1. The minimum Gasteiger partial charge on any atom is -0.372 e. The van der Waals surface area contributed by atoms with E-state index in [1.165, 1.54) is 6.07 Å². The van der Waals surface area contributed by atoms with Gasteiger partial charge in [-0.15, -0.1) is 0 Å². The molecule has 0 aliphatic carbocycles. The zero-order valence-electron chi connectivity index (χ0n) is 10.2. The summed E-state index contributed by atoms with van der Waals surface area (Å²) in [5.74, 6) is -0.372. The van der Waals surface area contributed by atoms with Crippen LogP contribution in [0.15, 0.2) is 18.2 Å². The van der Waals surface area contributed by atoms with Gasteiger partial charge >= 0.3 is 0 Å². The SMILES string of the molecule is CNC(=O)CCN(C)c1ccc(CN)cc1F.